The zero-order valence-electron chi connectivity index (χ0n) is 15.7. The van der Waals surface area contributed by atoms with Gasteiger partial charge in [-0.3, -0.25) is 4.79 Å². The largest absolute Gasteiger partial charge is 0.492 e. The highest BCUT2D eigenvalue weighted by atomic mass is 32.2. The summed E-state index contributed by atoms with van der Waals surface area (Å²) < 4.78 is 37.0. The first-order chi connectivity index (χ1) is 13.3. The molecule has 1 aromatic heterocycles. The molecule has 2 aromatic carbocycles. The molecule has 0 atom stereocenters. The van der Waals surface area contributed by atoms with E-state index < -0.39 is 9.84 Å². The van der Waals surface area contributed by atoms with E-state index in [0.29, 0.717) is 42.4 Å². The molecule has 0 N–H and O–H groups in total. The minimum absolute atomic E-state index is 0.104. The number of ether oxygens (including phenoxy) is 2. The molecule has 1 fully saturated rings. The van der Waals surface area contributed by atoms with Gasteiger partial charge in [0, 0.05) is 41.9 Å². The van der Waals surface area contributed by atoms with Crippen molar-refractivity contribution < 1.29 is 17.9 Å². The molecular weight excluding hydrogens is 378 g/mol. The highest BCUT2D eigenvalue weighted by Crippen LogP contribution is 2.36. The van der Waals surface area contributed by atoms with Crippen LogP contribution >= 0.6 is 0 Å². The summed E-state index contributed by atoms with van der Waals surface area (Å²) in [6, 6.07) is 12.2. The van der Waals surface area contributed by atoms with Gasteiger partial charge in [-0.05, 0) is 29.7 Å². The summed E-state index contributed by atoms with van der Waals surface area (Å²) in [4.78, 5) is 12.7. The Bertz CT molecular complexity index is 1210. The SMILES string of the molecule is Cn1cc(-c2cc(S(C)(=O)=O)ccc2OCC2COC2)c2ccccc2c1=O. The van der Waals surface area contributed by atoms with Crippen molar-refractivity contribution in [2.45, 2.75) is 4.90 Å². The molecule has 0 aliphatic carbocycles. The van der Waals surface area contributed by atoms with Crippen molar-refractivity contribution in [1.82, 2.24) is 4.57 Å². The van der Waals surface area contributed by atoms with Crippen molar-refractivity contribution in [1.29, 1.82) is 0 Å². The number of hydrogen-bond donors (Lipinski definition) is 0. The average Bonchev–Trinajstić information content (AvgIpc) is 2.63. The molecule has 0 amide bonds. The standard InChI is InChI=1S/C21H21NO5S/c1-22-10-19(16-5-3-4-6-17(16)21(22)23)18-9-15(28(2,24)25)7-8-20(18)27-13-14-11-26-12-14/h3-10,14H,11-13H2,1-2H3. The number of pyridine rings is 1. The van der Waals surface area contributed by atoms with E-state index >= 15 is 0 Å². The van der Waals surface area contributed by atoms with Gasteiger partial charge in [-0.2, -0.15) is 0 Å². The molecule has 6 nitrogen and oxygen atoms in total. The molecule has 0 radical (unpaired) electrons. The average molecular weight is 399 g/mol. The molecule has 28 heavy (non-hydrogen) atoms. The Morgan fingerprint density at radius 1 is 1.11 bits per heavy atom. The zero-order chi connectivity index (χ0) is 19.9. The third-order valence-corrected chi connectivity index (χ3v) is 6.05. The highest BCUT2D eigenvalue weighted by molar-refractivity contribution is 7.90. The molecule has 1 aliphatic heterocycles. The lowest BCUT2D eigenvalue weighted by Crippen LogP contribution is -2.32. The van der Waals surface area contributed by atoms with Gasteiger partial charge in [-0.25, -0.2) is 8.42 Å². The Morgan fingerprint density at radius 3 is 2.46 bits per heavy atom. The molecular formula is C21H21NO5S. The minimum atomic E-state index is -3.39. The minimum Gasteiger partial charge on any atom is -0.492 e. The fourth-order valence-electron chi connectivity index (χ4n) is 3.30. The van der Waals surface area contributed by atoms with Gasteiger partial charge >= 0.3 is 0 Å². The van der Waals surface area contributed by atoms with Gasteiger partial charge in [0.2, 0.25) is 0 Å². The van der Waals surface area contributed by atoms with Crippen LogP contribution in [-0.4, -0.2) is 39.1 Å². The van der Waals surface area contributed by atoms with E-state index in [1.165, 1.54) is 10.8 Å². The number of fused-ring (bicyclic) bond motifs is 1. The summed E-state index contributed by atoms with van der Waals surface area (Å²) >= 11 is 0. The van der Waals surface area contributed by atoms with Crippen LogP contribution in [0, 0.1) is 5.92 Å². The maximum absolute atomic E-state index is 12.5. The second-order valence-corrected chi connectivity index (χ2v) is 9.16. The lowest BCUT2D eigenvalue weighted by molar-refractivity contribution is -0.0507. The van der Waals surface area contributed by atoms with Crippen LogP contribution in [0.1, 0.15) is 0 Å². The molecule has 2 heterocycles. The van der Waals surface area contributed by atoms with Gasteiger partial charge in [0.25, 0.3) is 5.56 Å². The second-order valence-electron chi connectivity index (χ2n) is 7.15. The van der Waals surface area contributed by atoms with E-state index in [4.69, 9.17) is 9.47 Å². The van der Waals surface area contributed by atoms with Gasteiger partial charge in [-0.15, -0.1) is 0 Å². The number of rotatable bonds is 5. The van der Waals surface area contributed by atoms with E-state index in [1.807, 2.05) is 18.2 Å². The van der Waals surface area contributed by atoms with Gasteiger partial charge in [0.15, 0.2) is 9.84 Å². The molecule has 0 saturated carbocycles. The van der Waals surface area contributed by atoms with Gasteiger partial charge < -0.3 is 14.0 Å². The quantitative estimate of drug-likeness (QED) is 0.659. The Hall–Kier alpha value is -2.64. The van der Waals surface area contributed by atoms with Crippen molar-refractivity contribution in [3.05, 3.63) is 59.0 Å². The monoisotopic (exact) mass is 399 g/mol. The first-order valence-corrected chi connectivity index (χ1v) is 10.9. The molecule has 0 unspecified atom stereocenters. The maximum atomic E-state index is 12.5. The molecule has 3 aromatic rings. The Morgan fingerprint density at radius 2 is 1.82 bits per heavy atom. The van der Waals surface area contributed by atoms with Gasteiger partial charge in [0.05, 0.1) is 24.7 Å². The lowest BCUT2D eigenvalue weighted by Gasteiger charge is -2.26. The van der Waals surface area contributed by atoms with Crippen LogP contribution in [0.25, 0.3) is 21.9 Å². The molecule has 1 aliphatic rings. The second kappa shape index (κ2) is 7.07. The summed E-state index contributed by atoms with van der Waals surface area (Å²) in [7, 11) is -1.71. The van der Waals surface area contributed by atoms with Crippen molar-refractivity contribution in [2.75, 3.05) is 26.1 Å². The topological polar surface area (TPSA) is 74.6 Å². The van der Waals surface area contributed by atoms with Gasteiger partial charge in [-0.1, -0.05) is 18.2 Å². The Labute approximate surface area is 163 Å². The summed E-state index contributed by atoms with van der Waals surface area (Å²) in [6.45, 7) is 1.83. The van der Waals surface area contributed by atoms with Crippen molar-refractivity contribution >= 4 is 20.6 Å². The van der Waals surface area contributed by atoms with E-state index in [9.17, 15) is 13.2 Å². The van der Waals surface area contributed by atoms with Crippen LogP contribution in [0.2, 0.25) is 0 Å². The van der Waals surface area contributed by atoms with Crippen LogP contribution in [0.4, 0.5) is 0 Å². The highest BCUT2D eigenvalue weighted by Gasteiger charge is 2.21. The van der Waals surface area contributed by atoms with Crippen LogP contribution < -0.4 is 10.3 Å². The number of benzene rings is 2. The first kappa shape index (κ1) is 18.7. The maximum Gasteiger partial charge on any atom is 0.258 e. The third kappa shape index (κ3) is 3.43. The summed E-state index contributed by atoms with van der Waals surface area (Å²) in [6.07, 6.45) is 2.91. The van der Waals surface area contributed by atoms with E-state index in [1.54, 1.807) is 37.5 Å². The van der Waals surface area contributed by atoms with E-state index in [0.717, 1.165) is 10.9 Å². The smallest absolute Gasteiger partial charge is 0.258 e. The number of aryl methyl sites for hydroxylation is 1. The summed E-state index contributed by atoms with van der Waals surface area (Å²) in [5.41, 5.74) is 1.30. The molecule has 1 saturated heterocycles. The van der Waals surface area contributed by atoms with Crippen molar-refractivity contribution in [3.8, 4) is 16.9 Å². The fourth-order valence-corrected chi connectivity index (χ4v) is 3.94. The predicted molar refractivity (Wildman–Crippen MR) is 108 cm³/mol. The summed E-state index contributed by atoms with van der Waals surface area (Å²) in [5, 5.41) is 1.33. The number of sulfone groups is 1. The van der Waals surface area contributed by atoms with Crippen molar-refractivity contribution in [2.24, 2.45) is 13.0 Å². The lowest BCUT2D eigenvalue weighted by atomic mass is 9.99. The number of hydrogen-bond acceptors (Lipinski definition) is 5. The van der Waals surface area contributed by atoms with Gasteiger partial charge in [0.1, 0.15) is 5.75 Å². The predicted octanol–water partition coefficient (Wildman–Crippen LogP) is 2.63. The Balaban J connectivity index is 1.93. The van der Waals surface area contributed by atoms with Crippen LogP contribution in [0.5, 0.6) is 5.75 Å². The molecule has 4 rings (SSSR count). The molecule has 7 heteroatoms. The third-order valence-electron chi connectivity index (χ3n) is 4.94. The number of nitrogens with zero attached hydrogens (tertiary/aromatic N) is 1. The van der Waals surface area contributed by atoms with Crippen LogP contribution in [-0.2, 0) is 21.6 Å². The molecule has 0 bridgehead atoms. The van der Waals surface area contributed by atoms with Crippen molar-refractivity contribution in [3.63, 3.8) is 0 Å². The summed E-state index contributed by atoms with van der Waals surface area (Å²) in [5.74, 6) is 0.919. The molecule has 146 valence electrons. The van der Waals surface area contributed by atoms with E-state index in [2.05, 4.69) is 0 Å². The normalized spacial score (nSPS) is 14.8. The molecule has 0 spiro atoms. The van der Waals surface area contributed by atoms with Crippen LogP contribution in [0.3, 0.4) is 0 Å². The van der Waals surface area contributed by atoms with Crippen LogP contribution in [0.15, 0.2) is 58.4 Å². The van der Waals surface area contributed by atoms with E-state index in [-0.39, 0.29) is 10.5 Å². The first-order valence-electron chi connectivity index (χ1n) is 8.98. The fraction of sp³-hybridized carbons (Fsp3) is 0.286. The Kier molecular flexibility index (Phi) is 4.72. The zero-order valence-corrected chi connectivity index (χ0v) is 16.5. The number of aromatic nitrogens is 1.